The molecule has 0 fully saturated rings. The first kappa shape index (κ1) is 37.9. The minimum absolute atomic E-state index is 0.0528. The highest BCUT2D eigenvalue weighted by atomic mass is 32.2. The van der Waals surface area contributed by atoms with Gasteiger partial charge in [0.2, 0.25) is 0 Å². The van der Waals surface area contributed by atoms with E-state index in [9.17, 15) is 0 Å². The van der Waals surface area contributed by atoms with Crippen LogP contribution >= 0.6 is 11.8 Å². The quantitative estimate of drug-likeness (QED) is 0.160. The van der Waals surface area contributed by atoms with Gasteiger partial charge in [0.25, 0.3) is 13.4 Å². The third-order valence-corrected chi connectivity index (χ3v) is 15.4. The summed E-state index contributed by atoms with van der Waals surface area (Å²) in [5.41, 5.74) is 19.3. The Kier molecular flexibility index (Phi) is 8.12. The molecule has 0 unspecified atom stereocenters. The SMILES string of the molecule is c1ccc(N(c2ccccc2)c2cc3c4c(c2)N(c2ccccc2)c2cc5c(cc2B4c2ccccc2N3c2ccccc2)B2c3ccccc3Oc3c2c(cc2oc4ccccc4c32)S5)cc1. The zero-order valence-electron chi connectivity index (χ0n) is 36.6. The molecule has 0 spiro atoms. The van der Waals surface area contributed by atoms with E-state index in [1.165, 1.54) is 49.0 Å². The van der Waals surface area contributed by atoms with E-state index in [-0.39, 0.29) is 13.4 Å². The topological polar surface area (TPSA) is 32.1 Å². The molecule has 0 bridgehead atoms. The molecule has 0 saturated heterocycles. The first-order chi connectivity index (χ1) is 33.7. The second kappa shape index (κ2) is 14.6. The van der Waals surface area contributed by atoms with Crippen molar-refractivity contribution in [2.24, 2.45) is 0 Å². The van der Waals surface area contributed by atoms with Crippen molar-refractivity contribution in [1.29, 1.82) is 0 Å². The fourth-order valence-corrected chi connectivity index (χ4v) is 12.7. The van der Waals surface area contributed by atoms with Gasteiger partial charge in [0.1, 0.15) is 22.7 Å². The van der Waals surface area contributed by atoms with Crippen molar-refractivity contribution in [1.82, 2.24) is 0 Å². The molecule has 5 heterocycles. The van der Waals surface area contributed by atoms with E-state index < -0.39 is 0 Å². The molecule has 0 saturated carbocycles. The molecule has 10 aromatic carbocycles. The Morgan fingerprint density at radius 1 is 0.397 bits per heavy atom. The van der Waals surface area contributed by atoms with Crippen molar-refractivity contribution in [2.45, 2.75) is 9.79 Å². The van der Waals surface area contributed by atoms with Crippen molar-refractivity contribution in [3.63, 3.8) is 0 Å². The Morgan fingerprint density at radius 2 is 0.971 bits per heavy atom. The molecule has 68 heavy (non-hydrogen) atoms. The Labute approximate surface area is 398 Å². The Hall–Kier alpha value is -8.32. The van der Waals surface area contributed by atoms with Crippen LogP contribution in [-0.2, 0) is 0 Å². The maximum absolute atomic E-state index is 7.02. The molecule has 8 heteroatoms. The fourth-order valence-electron chi connectivity index (χ4n) is 11.6. The highest BCUT2D eigenvalue weighted by Crippen LogP contribution is 2.50. The van der Waals surface area contributed by atoms with Crippen LogP contribution in [0.5, 0.6) is 11.5 Å². The lowest BCUT2D eigenvalue weighted by Gasteiger charge is -2.45. The summed E-state index contributed by atoms with van der Waals surface area (Å²) in [7, 11) is 0. The van der Waals surface area contributed by atoms with E-state index in [2.05, 4.69) is 233 Å². The van der Waals surface area contributed by atoms with E-state index in [4.69, 9.17) is 9.15 Å². The van der Waals surface area contributed by atoms with Crippen LogP contribution in [0.1, 0.15) is 0 Å². The Morgan fingerprint density at radius 3 is 1.68 bits per heavy atom. The van der Waals surface area contributed by atoms with Crippen molar-refractivity contribution < 1.29 is 9.15 Å². The summed E-state index contributed by atoms with van der Waals surface area (Å²) in [4.78, 5) is 9.80. The minimum Gasteiger partial charge on any atom is -0.458 e. The summed E-state index contributed by atoms with van der Waals surface area (Å²) in [6.45, 7) is -0.128. The van der Waals surface area contributed by atoms with E-state index in [1.807, 2.05) is 17.8 Å². The lowest BCUT2D eigenvalue weighted by Crippen LogP contribution is -2.64. The molecule has 1 aromatic heterocycles. The molecule has 0 radical (unpaired) electrons. The summed E-state index contributed by atoms with van der Waals surface area (Å²) >= 11 is 1.83. The minimum atomic E-state index is -0.0753. The average Bonchev–Trinajstić information content (AvgIpc) is 3.78. The van der Waals surface area contributed by atoms with Crippen LogP contribution in [0.3, 0.4) is 0 Å². The Bertz CT molecular complexity index is 3810. The van der Waals surface area contributed by atoms with Gasteiger partial charge in [-0.3, -0.25) is 0 Å². The molecule has 0 N–H and O–H groups in total. The number of nitrogens with zero attached hydrogens (tertiary/aromatic N) is 3. The van der Waals surface area contributed by atoms with E-state index >= 15 is 0 Å². The van der Waals surface area contributed by atoms with Crippen LogP contribution in [-0.4, -0.2) is 13.4 Å². The normalized spacial score (nSPS) is 13.5. The molecular formula is C60H37B2N3O2S. The van der Waals surface area contributed by atoms with Crippen LogP contribution < -0.4 is 52.2 Å². The highest BCUT2D eigenvalue weighted by Gasteiger charge is 2.47. The number of para-hydroxylation sites is 7. The highest BCUT2D eigenvalue weighted by molar-refractivity contribution is 8.00. The molecule has 5 nitrogen and oxygen atoms in total. The summed E-state index contributed by atoms with van der Waals surface area (Å²) in [5, 5.41) is 2.11. The van der Waals surface area contributed by atoms with Crippen molar-refractivity contribution in [3.8, 4) is 11.5 Å². The maximum Gasteiger partial charge on any atom is 0.253 e. The monoisotopic (exact) mass is 885 g/mol. The van der Waals surface area contributed by atoms with Crippen LogP contribution in [0, 0.1) is 0 Å². The van der Waals surface area contributed by atoms with Crippen molar-refractivity contribution in [3.05, 3.63) is 224 Å². The number of benzene rings is 10. The van der Waals surface area contributed by atoms with Gasteiger partial charge in [0, 0.05) is 60.7 Å². The summed E-state index contributed by atoms with van der Waals surface area (Å²) in [5.74, 6) is 1.79. The largest absolute Gasteiger partial charge is 0.458 e. The van der Waals surface area contributed by atoms with Gasteiger partial charge < -0.3 is 23.9 Å². The second-order valence-corrected chi connectivity index (χ2v) is 19.0. The first-order valence-electron chi connectivity index (χ1n) is 23.2. The fraction of sp³-hybridized carbons (Fsp3) is 0. The van der Waals surface area contributed by atoms with E-state index in [1.54, 1.807) is 0 Å². The van der Waals surface area contributed by atoms with E-state index in [0.29, 0.717) is 0 Å². The number of rotatable bonds is 5. The van der Waals surface area contributed by atoms with Gasteiger partial charge in [-0.25, -0.2) is 0 Å². The van der Waals surface area contributed by atoms with Crippen molar-refractivity contribution in [2.75, 3.05) is 14.7 Å². The zero-order chi connectivity index (χ0) is 44.5. The van der Waals surface area contributed by atoms with E-state index in [0.717, 1.165) is 78.1 Å². The number of furan rings is 1. The van der Waals surface area contributed by atoms with Gasteiger partial charge in [-0.15, -0.1) is 0 Å². The smallest absolute Gasteiger partial charge is 0.253 e. The van der Waals surface area contributed by atoms with Gasteiger partial charge in [0.05, 0.1) is 11.1 Å². The molecule has 11 aromatic rings. The predicted molar refractivity (Wildman–Crippen MR) is 284 cm³/mol. The zero-order valence-corrected chi connectivity index (χ0v) is 37.4. The molecule has 4 aliphatic rings. The maximum atomic E-state index is 7.02. The number of anilines is 9. The number of hydrogen-bond acceptors (Lipinski definition) is 6. The third kappa shape index (κ3) is 5.43. The average molecular weight is 886 g/mol. The van der Waals surface area contributed by atoms with Gasteiger partial charge in [-0.05, 0) is 118 Å². The lowest BCUT2D eigenvalue weighted by molar-refractivity contribution is 0.492. The number of ether oxygens (including phenoxy) is 1. The van der Waals surface area contributed by atoms with Gasteiger partial charge >= 0.3 is 0 Å². The third-order valence-electron chi connectivity index (χ3n) is 14.3. The van der Waals surface area contributed by atoms with Crippen LogP contribution in [0.15, 0.2) is 239 Å². The summed E-state index contributed by atoms with van der Waals surface area (Å²) in [6.07, 6.45) is 0. The molecule has 0 aliphatic carbocycles. The molecule has 0 amide bonds. The molecule has 316 valence electrons. The van der Waals surface area contributed by atoms with Crippen LogP contribution in [0.4, 0.5) is 51.2 Å². The van der Waals surface area contributed by atoms with Gasteiger partial charge in [-0.1, -0.05) is 151 Å². The molecule has 4 aliphatic heterocycles. The van der Waals surface area contributed by atoms with Gasteiger partial charge in [-0.2, -0.15) is 0 Å². The molecular weight excluding hydrogens is 848 g/mol. The Balaban J connectivity index is 1.04. The predicted octanol–water partition coefficient (Wildman–Crippen LogP) is 12.2. The number of hydrogen-bond donors (Lipinski definition) is 0. The first-order valence-corrected chi connectivity index (χ1v) is 24.0. The van der Waals surface area contributed by atoms with Gasteiger partial charge in [0.15, 0.2) is 0 Å². The van der Waals surface area contributed by atoms with Crippen molar-refractivity contribution >= 4 is 131 Å². The summed E-state index contributed by atoms with van der Waals surface area (Å²) < 4.78 is 13.6. The molecule has 15 rings (SSSR count). The van der Waals surface area contributed by atoms with Crippen LogP contribution in [0.2, 0.25) is 0 Å². The summed E-state index contributed by atoms with van der Waals surface area (Å²) in [6, 6.07) is 81.5. The standard InChI is InChI=1S/C60H37B2N3O2S/c1-5-19-38(20-6-1)63(39-21-7-2-8-22-39)42-33-50-58-51(34-42)65(41-25-11-4-12-26-41)49-36-55-47(35-46(49)61(58)44-28-14-16-30-48(44)64(50)40-23-9-3-10-24-40)62-45-29-15-18-32-53(45)67-60-57-43-27-13-17-31-52(43)66-54(57)37-56(68-55)59(60)62/h1-37H. The lowest BCUT2D eigenvalue weighted by atomic mass is 9.31. The second-order valence-electron chi connectivity index (χ2n) is 18.0. The number of fused-ring (bicyclic) bond motifs is 12. The molecule has 0 atom stereocenters. The van der Waals surface area contributed by atoms with Crippen LogP contribution in [0.25, 0.3) is 21.9 Å².